The Bertz CT molecular complexity index is 4260. The fourth-order valence-electron chi connectivity index (χ4n) is 18.1. The van der Waals surface area contributed by atoms with Gasteiger partial charge < -0.3 is 52.1 Å². The summed E-state index contributed by atoms with van der Waals surface area (Å²) in [6.45, 7) is 13.1. The van der Waals surface area contributed by atoms with E-state index in [2.05, 4.69) is 74.4 Å². The van der Waals surface area contributed by atoms with Gasteiger partial charge in [0, 0.05) is 52.1 Å². The number of carbonyl (C=O) groups is 5. The van der Waals surface area contributed by atoms with Gasteiger partial charge in [-0.25, -0.2) is 14.4 Å². The summed E-state index contributed by atoms with van der Waals surface area (Å²) in [4.78, 5) is 62.6. The standard InChI is InChI=1S/C104H128O16/c1-5-9-11-17-78-35-39-86(40-36-78)88-61-67-103(68-62-88,118-77-117-96-57-55-95(56-58-96)116-76-115-94-49-43-90(44-50-94)100(107)113-74-16-15-73-112-99(106)8-4)65-59-84-31-27-82(28-32-84)25-23-80-19-21-81(22-20-80)24-26-83-29-33-85(34-30-83)60-66-104(69-63-89(64-70-104)87-41-37-79(38-42-87)18-12-10-6-2)120-102(109)92-47-53-97(54-48-92)119-101(108)91-45-51-93(52-46-91)114-75-110-71-13-14-72-111-98(105)7-3/h7-8,19-22,27-34,47-48,53-58,78-79,86-91,93-94H,3-6,9-18,35-46,49-52,61-64,67-77H2,1-2H3. The highest BCUT2D eigenvalue weighted by Gasteiger charge is 2.42. The van der Waals surface area contributed by atoms with Crippen molar-refractivity contribution in [2.24, 2.45) is 47.3 Å². The van der Waals surface area contributed by atoms with Crippen molar-refractivity contribution in [3.05, 3.63) is 186 Å². The Hall–Kier alpha value is -9.39. The van der Waals surface area contributed by atoms with Crippen LogP contribution in [0.25, 0.3) is 0 Å². The lowest BCUT2D eigenvalue weighted by molar-refractivity contribution is -0.151. The number of esters is 5. The molecule has 0 radical (unpaired) electrons. The molecule has 6 fully saturated rings. The first-order valence-corrected chi connectivity index (χ1v) is 45.2. The fraction of sp³-hybridized carbons (Fsp3) is 0.548. The van der Waals surface area contributed by atoms with E-state index in [9.17, 15) is 24.0 Å². The number of benzene rings is 5. The monoisotopic (exact) mass is 1630 g/mol. The van der Waals surface area contributed by atoms with E-state index in [1.54, 1.807) is 24.3 Å². The van der Waals surface area contributed by atoms with Gasteiger partial charge in [0.05, 0.1) is 49.4 Å². The quantitative estimate of drug-likeness (QED) is 0.00690. The summed E-state index contributed by atoms with van der Waals surface area (Å²) in [6.07, 6.45) is 39.0. The van der Waals surface area contributed by atoms with E-state index in [0.29, 0.717) is 118 Å². The van der Waals surface area contributed by atoms with Crippen molar-refractivity contribution in [1.82, 2.24) is 0 Å². The van der Waals surface area contributed by atoms with E-state index < -0.39 is 29.1 Å². The summed E-state index contributed by atoms with van der Waals surface area (Å²) in [6, 6.07) is 38.3. The van der Waals surface area contributed by atoms with Crippen LogP contribution >= 0.6 is 0 Å². The van der Waals surface area contributed by atoms with Crippen LogP contribution in [0.1, 0.15) is 289 Å². The smallest absolute Gasteiger partial charge is 0.339 e. The van der Waals surface area contributed by atoms with Gasteiger partial charge in [-0.1, -0.05) is 145 Å². The third kappa shape index (κ3) is 30.6. The maximum Gasteiger partial charge on any atom is 0.339 e. The van der Waals surface area contributed by atoms with Crippen molar-refractivity contribution in [3.8, 4) is 64.6 Å². The molecule has 5 aromatic carbocycles. The zero-order valence-corrected chi connectivity index (χ0v) is 71.3. The average molecular weight is 1630 g/mol. The zero-order valence-electron chi connectivity index (χ0n) is 71.3. The first-order valence-electron chi connectivity index (χ1n) is 45.2. The molecule has 5 aromatic rings. The van der Waals surface area contributed by atoms with Gasteiger partial charge in [-0.15, -0.1) is 0 Å². The molecule has 6 saturated carbocycles. The summed E-state index contributed by atoms with van der Waals surface area (Å²) in [5.74, 6) is 31.4. The van der Waals surface area contributed by atoms with E-state index in [4.69, 9.17) is 52.1 Å². The fourth-order valence-corrected chi connectivity index (χ4v) is 18.1. The van der Waals surface area contributed by atoms with Crippen molar-refractivity contribution >= 4 is 29.8 Å². The largest absolute Gasteiger partial charge is 0.468 e. The molecule has 6 aliphatic rings. The molecule has 16 nitrogen and oxygen atoms in total. The molecule has 0 N–H and O–H groups in total. The SMILES string of the molecule is C=CC(=O)OCCCCOCOC1CCC(C(=O)Oc2ccc(C(=O)OC3(C#Cc4ccc(C#Cc5ccc(C#Cc6ccc(C#CC7(OCOc8ccc(OCOC9CCC(C(=O)OCCCCOC(=O)C=C)CC9)cc8)CCC(C8CCC(CCCCC)CC8)CC7)cc6)cc5)cc4)CCC(C4CCC(CCCCC)CC4)CC3)cc2)CC1. The summed E-state index contributed by atoms with van der Waals surface area (Å²) >= 11 is 0. The highest BCUT2D eigenvalue weighted by Crippen LogP contribution is 2.47. The minimum absolute atomic E-state index is 0.00373. The van der Waals surface area contributed by atoms with Gasteiger partial charge in [0.2, 0.25) is 0 Å². The average Bonchev–Trinajstić information content (AvgIpc) is 0.804. The molecule has 16 heteroatoms. The van der Waals surface area contributed by atoms with Gasteiger partial charge in [0.25, 0.3) is 0 Å². The molecular formula is C104H128O16. The third-order valence-electron chi connectivity index (χ3n) is 25.7. The predicted octanol–water partition coefficient (Wildman–Crippen LogP) is 21.7. The molecule has 0 heterocycles. The molecule has 0 amide bonds. The predicted molar refractivity (Wildman–Crippen MR) is 466 cm³/mol. The number of unbranched alkanes of at least 4 members (excludes halogenated alkanes) is 6. The molecule has 11 rings (SSSR count). The minimum atomic E-state index is -0.954. The maximum atomic E-state index is 14.2. The van der Waals surface area contributed by atoms with E-state index >= 15 is 0 Å². The number of hydrogen-bond acceptors (Lipinski definition) is 16. The normalized spacial score (nSPS) is 23.9. The minimum Gasteiger partial charge on any atom is -0.468 e. The molecule has 0 spiro atoms. The zero-order chi connectivity index (χ0) is 83.8. The maximum absolute atomic E-state index is 14.2. The Balaban J connectivity index is 0.647. The molecule has 0 aliphatic heterocycles. The van der Waals surface area contributed by atoms with Crippen LogP contribution in [0, 0.1) is 94.7 Å². The van der Waals surface area contributed by atoms with Gasteiger partial charge in [0.15, 0.2) is 19.2 Å². The Kier molecular flexibility index (Phi) is 37.7. The number of carbonyl (C=O) groups excluding carboxylic acids is 5. The van der Waals surface area contributed by atoms with E-state index in [-0.39, 0.29) is 63.0 Å². The van der Waals surface area contributed by atoms with E-state index in [0.717, 1.165) is 134 Å². The number of hydrogen-bond donors (Lipinski definition) is 0. The second kappa shape index (κ2) is 49.5. The Morgan fingerprint density at radius 1 is 0.375 bits per heavy atom. The molecule has 0 saturated heterocycles. The van der Waals surface area contributed by atoms with Gasteiger partial charge in [0.1, 0.15) is 29.6 Å². The van der Waals surface area contributed by atoms with Crippen molar-refractivity contribution in [1.29, 1.82) is 0 Å². The van der Waals surface area contributed by atoms with Crippen molar-refractivity contribution < 1.29 is 76.1 Å². The van der Waals surface area contributed by atoms with Crippen LogP contribution in [0.2, 0.25) is 0 Å². The molecule has 6 aliphatic carbocycles. The topological polar surface area (TPSA) is 187 Å². The van der Waals surface area contributed by atoms with Gasteiger partial charge in [-0.3, -0.25) is 9.59 Å². The molecule has 0 unspecified atom stereocenters. The summed E-state index contributed by atoms with van der Waals surface area (Å²) < 4.78 is 64.4. The summed E-state index contributed by atoms with van der Waals surface area (Å²) in [7, 11) is 0. The molecule has 0 aromatic heterocycles. The van der Waals surface area contributed by atoms with Crippen LogP contribution in [-0.2, 0) is 57.1 Å². The van der Waals surface area contributed by atoms with Gasteiger partial charge in [-0.2, -0.15) is 0 Å². The van der Waals surface area contributed by atoms with Crippen LogP contribution in [-0.4, -0.2) is 100 Å². The van der Waals surface area contributed by atoms with Crippen LogP contribution in [0.4, 0.5) is 0 Å². The summed E-state index contributed by atoms with van der Waals surface area (Å²) in [5.41, 5.74) is 4.01. The third-order valence-corrected chi connectivity index (χ3v) is 25.7. The van der Waals surface area contributed by atoms with Crippen molar-refractivity contribution in [3.63, 3.8) is 0 Å². The lowest BCUT2D eigenvalue weighted by atomic mass is 9.67. The highest BCUT2D eigenvalue weighted by molar-refractivity contribution is 5.90. The Morgan fingerprint density at radius 3 is 1.19 bits per heavy atom. The molecule has 0 bridgehead atoms. The molecule has 0 atom stereocenters. The van der Waals surface area contributed by atoms with Crippen LogP contribution in [0.5, 0.6) is 17.2 Å². The number of rotatable bonds is 38. The second-order valence-electron chi connectivity index (χ2n) is 34.1. The highest BCUT2D eigenvalue weighted by atomic mass is 16.7. The van der Waals surface area contributed by atoms with E-state index in [1.165, 1.54) is 103 Å². The van der Waals surface area contributed by atoms with E-state index in [1.807, 2.05) is 97.1 Å². The Labute approximate surface area is 714 Å². The van der Waals surface area contributed by atoms with Gasteiger partial charge >= 0.3 is 29.8 Å². The van der Waals surface area contributed by atoms with Crippen molar-refractivity contribution in [2.75, 3.05) is 46.8 Å². The van der Waals surface area contributed by atoms with Crippen LogP contribution in [0.15, 0.2) is 147 Å². The van der Waals surface area contributed by atoms with Crippen LogP contribution in [0.3, 0.4) is 0 Å². The van der Waals surface area contributed by atoms with Crippen molar-refractivity contribution in [2.45, 2.75) is 268 Å². The summed E-state index contributed by atoms with van der Waals surface area (Å²) in [5, 5.41) is 0. The second-order valence-corrected chi connectivity index (χ2v) is 34.1. The lowest BCUT2D eigenvalue weighted by Gasteiger charge is -2.41. The number of ether oxygens (including phenoxy) is 11. The Morgan fingerprint density at radius 2 is 0.750 bits per heavy atom. The molecular weight excluding hydrogens is 1510 g/mol. The van der Waals surface area contributed by atoms with Crippen LogP contribution < -0.4 is 14.2 Å². The first kappa shape index (κ1) is 91.4. The lowest BCUT2D eigenvalue weighted by Crippen LogP contribution is -2.39. The van der Waals surface area contributed by atoms with Gasteiger partial charge in [-0.05, 0) is 317 Å². The molecule has 640 valence electrons. The molecule has 120 heavy (non-hydrogen) atoms. The first-order chi connectivity index (χ1) is 58.7.